The van der Waals surface area contributed by atoms with Gasteiger partial charge in [-0.25, -0.2) is 4.98 Å². The number of pyridine rings is 1. The van der Waals surface area contributed by atoms with Crippen LogP contribution >= 0.6 is 11.3 Å². The third-order valence-electron chi connectivity index (χ3n) is 3.94. The van der Waals surface area contributed by atoms with E-state index in [1.165, 1.54) is 17.7 Å². The van der Waals surface area contributed by atoms with Gasteiger partial charge in [0.1, 0.15) is 5.69 Å². The largest absolute Gasteiger partial charge is 0.324 e. The molecule has 4 rings (SSSR count). The Balaban J connectivity index is 1.55. The smallest absolute Gasteiger partial charge is 0.276 e. The maximum Gasteiger partial charge on any atom is 0.276 e. The lowest BCUT2D eigenvalue weighted by molar-refractivity contribution is 0.102. The monoisotopic (exact) mass is 324 g/mol. The van der Waals surface area contributed by atoms with Crippen LogP contribution in [0.5, 0.6) is 0 Å². The Morgan fingerprint density at radius 3 is 2.87 bits per heavy atom. The Bertz CT molecular complexity index is 815. The molecule has 0 unspecified atom stereocenters. The second kappa shape index (κ2) is 5.96. The molecule has 3 aromatic rings. The minimum absolute atomic E-state index is 0.217. The van der Waals surface area contributed by atoms with Crippen LogP contribution in [0.25, 0.3) is 5.69 Å². The third kappa shape index (κ3) is 2.90. The molecule has 0 bridgehead atoms. The summed E-state index contributed by atoms with van der Waals surface area (Å²) in [6.07, 6.45) is 10.0. The van der Waals surface area contributed by atoms with Crippen molar-refractivity contribution in [1.29, 1.82) is 0 Å². The normalized spacial score (nSPS) is 13.6. The number of aryl methyl sites for hydroxylation is 2. The van der Waals surface area contributed by atoms with Crippen LogP contribution in [0.1, 0.15) is 33.9 Å². The molecule has 6 heteroatoms. The van der Waals surface area contributed by atoms with E-state index in [1.807, 2.05) is 35.2 Å². The summed E-state index contributed by atoms with van der Waals surface area (Å²) in [6, 6.07) is 7.54. The number of carbonyl (C=O) groups is 1. The molecular weight excluding hydrogens is 308 g/mol. The van der Waals surface area contributed by atoms with Gasteiger partial charge in [0.25, 0.3) is 5.91 Å². The standard InChI is InChI=1S/C17H16N4OS/c22-16(20-17-19-13-5-1-2-6-15(13)23-17)14-11-12(7-8-18-14)21-9-3-4-10-21/h3-4,7-11H,1-2,5-6H2,(H,19,20,22). The lowest BCUT2D eigenvalue weighted by Crippen LogP contribution is -2.14. The lowest BCUT2D eigenvalue weighted by atomic mass is 10.0. The number of thiazole rings is 1. The number of nitrogens with one attached hydrogen (secondary N) is 1. The number of rotatable bonds is 3. The molecule has 1 aliphatic carbocycles. The van der Waals surface area contributed by atoms with Crippen molar-refractivity contribution in [1.82, 2.24) is 14.5 Å². The fraction of sp³-hybridized carbons (Fsp3) is 0.235. The first-order valence-electron chi connectivity index (χ1n) is 7.69. The van der Waals surface area contributed by atoms with Crippen LogP contribution < -0.4 is 5.32 Å². The van der Waals surface area contributed by atoms with E-state index in [9.17, 15) is 4.79 Å². The van der Waals surface area contributed by atoms with Crippen LogP contribution in [-0.4, -0.2) is 20.4 Å². The van der Waals surface area contributed by atoms with E-state index in [0.29, 0.717) is 10.8 Å². The van der Waals surface area contributed by atoms with Crippen LogP contribution in [-0.2, 0) is 12.8 Å². The Kier molecular flexibility index (Phi) is 3.67. The van der Waals surface area contributed by atoms with E-state index < -0.39 is 0 Å². The molecule has 116 valence electrons. The zero-order valence-electron chi connectivity index (χ0n) is 12.5. The molecule has 1 amide bonds. The highest BCUT2D eigenvalue weighted by molar-refractivity contribution is 7.15. The highest BCUT2D eigenvalue weighted by Crippen LogP contribution is 2.29. The quantitative estimate of drug-likeness (QED) is 0.802. The van der Waals surface area contributed by atoms with E-state index in [4.69, 9.17) is 0 Å². The number of amides is 1. The van der Waals surface area contributed by atoms with Gasteiger partial charge in [-0.3, -0.25) is 15.1 Å². The molecule has 0 saturated heterocycles. The lowest BCUT2D eigenvalue weighted by Gasteiger charge is -2.06. The van der Waals surface area contributed by atoms with Crippen LogP contribution in [0.2, 0.25) is 0 Å². The Labute approximate surface area is 138 Å². The summed E-state index contributed by atoms with van der Waals surface area (Å²) in [5.74, 6) is -0.217. The van der Waals surface area contributed by atoms with Gasteiger partial charge in [-0.2, -0.15) is 0 Å². The van der Waals surface area contributed by atoms with E-state index in [1.54, 1.807) is 23.6 Å². The molecule has 0 aromatic carbocycles. The zero-order valence-corrected chi connectivity index (χ0v) is 13.3. The average Bonchev–Trinajstić information content (AvgIpc) is 3.24. The molecular formula is C17H16N4OS. The summed E-state index contributed by atoms with van der Waals surface area (Å²) in [6.45, 7) is 0. The zero-order chi connectivity index (χ0) is 15.6. The molecule has 1 aliphatic rings. The molecule has 0 atom stereocenters. The Hall–Kier alpha value is -2.47. The molecule has 0 spiro atoms. The van der Waals surface area contributed by atoms with Crippen molar-refractivity contribution in [3.8, 4) is 5.69 Å². The van der Waals surface area contributed by atoms with Crippen LogP contribution in [0, 0.1) is 0 Å². The minimum atomic E-state index is -0.217. The van der Waals surface area contributed by atoms with Gasteiger partial charge >= 0.3 is 0 Å². The van der Waals surface area contributed by atoms with Gasteiger partial charge in [-0.05, 0) is 49.9 Å². The fourth-order valence-electron chi connectivity index (χ4n) is 2.78. The molecule has 3 heterocycles. The molecule has 3 aromatic heterocycles. The molecule has 0 aliphatic heterocycles. The second-order valence-corrected chi connectivity index (χ2v) is 6.62. The van der Waals surface area contributed by atoms with Crippen molar-refractivity contribution in [3.63, 3.8) is 0 Å². The number of fused-ring (bicyclic) bond motifs is 1. The Morgan fingerprint density at radius 2 is 2.04 bits per heavy atom. The van der Waals surface area contributed by atoms with Crippen LogP contribution in [0.3, 0.4) is 0 Å². The van der Waals surface area contributed by atoms with Gasteiger partial charge in [0.15, 0.2) is 5.13 Å². The molecule has 1 N–H and O–H groups in total. The summed E-state index contributed by atoms with van der Waals surface area (Å²) in [5.41, 5.74) is 2.45. The number of anilines is 1. The highest BCUT2D eigenvalue weighted by Gasteiger charge is 2.17. The van der Waals surface area contributed by atoms with Crippen molar-refractivity contribution >= 4 is 22.4 Å². The second-order valence-electron chi connectivity index (χ2n) is 5.54. The van der Waals surface area contributed by atoms with Crippen LogP contribution in [0.15, 0.2) is 42.9 Å². The molecule has 5 nitrogen and oxygen atoms in total. The van der Waals surface area contributed by atoms with E-state index in [-0.39, 0.29) is 5.91 Å². The highest BCUT2D eigenvalue weighted by atomic mass is 32.1. The SMILES string of the molecule is O=C(Nc1nc2c(s1)CCCC2)c1cc(-n2cccc2)ccn1. The molecule has 0 radical (unpaired) electrons. The van der Waals surface area contributed by atoms with Crippen molar-refractivity contribution in [2.24, 2.45) is 0 Å². The van der Waals surface area contributed by atoms with E-state index >= 15 is 0 Å². The summed E-state index contributed by atoms with van der Waals surface area (Å²) >= 11 is 1.58. The predicted molar refractivity (Wildman–Crippen MR) is 90.3 cm³/mol. The van der Waals surface area contributed by atoms with Crippen molar-refractivity contribution < 1.29 is 4.79 Å². The summed E-state index contributed by atoms with van der Waals surface area (Å²) < 4.78 is 1.94. The van der Waals surface area contributed by atoms with Gasteiger partial charge in [-0.15, -0.1) is 11.3 Å². The van der Waals surface area contributed by atoms with Gasteiger partial charge in [-0.1, -0.05) is 0 Å². The van der Waals surface area contributed by atoms with Gasteiger partial charge in [0, 0.05) is 29.2 Å². The van der Waals surface area contributed by atoms with Crippen molar-refractivity contribution in [3.05, 3.63) is 59.1 Å². The first kappa shape index (κ1) is 14.1. The first-order valence-corrected chi connectivity index (χ1v) is 8.50. The minimum Gasteiger partial charge on any atom is -0.324 e. The van der Waals surface area contributed by atoms with E-state index in [2.05, 4.69) is 15.3 Å². The first-order chi connectivity index (χ1) is 11.3. The number of hydrogen-bond acceptors (Lipinski definition) is 4. The molecule has 0 fully saturated rings. The summed E-state index contributed by atoms with van der Waals surface area (Å²) in [7, 11) is 0. The maximum atomic E-state index is 12.4. The Morgan fingerprint density at radius 1 is 1.22 bits per heavy atom. The number of carbonyl (C=O) groups excluding carboxylic acids is 1. The molecule has 23 heavy (non-hydrogen) atoms. The third-order valence-corrected chi connectivity index (χ3v) is 5.02. The van der Waals surface area contributed by atoms with Gasteiger partial charge in [0.2, 0.25) is 0 Å². The van der Waals surface area contributed by atoms with Crippen LogP contribution in [0.4, 0.5) is 5.13 Å². The topological polar surface area (TPSA) is 59.8 Å². The van der Waals surface area contributed by atoms with Gasteiger partial charge in [0.05, 0.1) is 5.69 Å². The van der Waals surface area contributed by atoms with E-state index in [0.717, 1.165) is 24.2 Å². The van der Waals surface area contributed by atoms with Crippen molar-refractivity contribution in [2.45, 2.75) is 25.7 Å². The predicted octanol–water partition coefficient (Wildman–Crippen LogP) is 3.46. The molecule has 0 saturated carbocycles. The fourth-order valence-corrected chi connectivity index (χ4v) is 3.82. The summed E-state index contributed by atoms with van der Waals surface area (Å²) in [4.78, 5) is 22.5. The number of nitrogens with zero attached hydrogens (tertiary/aromatic N) is 3. The summed E-state index contributed by atoms with van der Waals surface area (Å²) in [5, 5.41) is 3.56. The number of aromatic nitrogens is 3. The maximum absolute atomic E-state index is 12.4. The van der Waals surface area contributed by atoms with Crippen molar-refractivity contribution in [2.75, 3.05) is 5.32 Å². The number of hydrogen-bond donors (Lipinski definition) is 1. The van der Waals surface area contributed by atoms with Gasteiger partial charge < -0.3 is 4.57 Å². The average molecular weight is 324 g/mol.